The van der Waals surface area contributed by atoms with Gasteiger partial charge in [-0.1, -0.05) is 0 Å². The second-order valence-electron chi connectivity index (χ2n) is 5.14. The third kappa shape index (κ3) is 12.0. The van der Waals surface area contributed by atoms with Gasteiger partial charge in [0, 0.05) is 26.2 Å². The van der Waals surface area contributed by atoms with Crippen molar-refractivity contribution in [1.82, 2.24) is 0 Å². The van der Waals surface area contributed by atoms with Crippen molar-refractivity contribution in [2.75, 3.05) is 52.9 Å². The molecule has 0 aromatic rings. The Morgan fingerprint density at radius 1 is 1.00 bits per heavy atom. The van der Waals surface area contributed by atoms with Gasteiger partial charge >= 0.3 is 0 Å². The van der Waals surface area contributed by atoms with Crippen LogP contribution in [0.25, 0.3) is 0 Å². The maximum absolute atomic E-state index is 12.7. The lowest BCUT2D eigenvalue weighted by atomic mass is 10.1. The highest BCUT2D eigenvalue weighted by atomic mass is 19.1. The zero-order valence-electron chi connectivity index (χ0n) is 12.8. The normalized spacial score (nSPS) is 15.9. The van der Waals surface area contributed by atoms with Crippen molar-refractivity contribution in [3.8, 4) is 0 Å². The largest absolute Gasteiger partial charge is 0.396 e. The maximum Gasteiger partial charge on any atom is 0.118 e. The van der Waals surface area contributed by atoms with Crippen LogP contribution in [0.4, 0.5) is 4.39 Å². The fraction of sp³-hybridized carbons (Fsp3) is 1.00. The number of hydrogen-bond acceptors (Lipinski definition) is 6. The van der Waals surface area contributed by atoms with E-state index in [2.05, 4.69) is 0 Å². The monoisotopic (exact) mass is 312 g/mol. The smallest absolute Gasteiger partial charge is 0.118 e. The van der Waals surface area contributed by atoms with E-state index in [0.29, 0.717) is 13.0 Å². The summed E-state index contributed by atoms with van der Waals surface area (Å²) in [6.45, 7) is 2.17. The number of halogens is 1. The summed E-state index contributed by atoms with van der Waals surface area (Å²) < 4.78 is 28.5. The van der Waals surface area contributed by atoms with Crippen LogP contribution in [0.2, 0.25) is 0 Å². The lowest BCUT2D eigenvalue weighted by Gasteiger charge is -2.26. The van der Waals surface area contributed by atoms with Crippen LogP contribution in [0.5, 0.6) is 0 Å². The van der Waals surface area contributed by atoms with E-state index >= 15 is 0 Å². The Kier molecular flexibility index (Phi) is 13.2. The van der Waals surface area contributed by atoms with Gasteiger partial charge in [0.05, 0.1) is 32.0 Å². The summed E-state index contributed by atoms with van der Waals surface area (Å²) in [6.07, 6.45) is 0.952. The van der Waals surface area contributed by atoms with Gasteiger partial charge < -0.3 is 29.5 Å². The molecular weight excluding hydrogens is 283 g/mol. The molecule has 128 valence electrons. The molecular formula is C14H29FO6. The predicted octanol–water partition coefficient (Wildman–Crippen LogP) is 0.280. The van der Waals surface area contributed by atoms with Crippen LogP contribution in [0.1, 0.15) is 26.2 Å². The standard InChI is InChI=1S/C14H29FO6/c1-14(12-15,4-6-17)21-9-8-20-11-13(18)10-19-7-3-2-5-16/h13,16-18H,2-12H2,1H3. The Bertz CT molecular complexity index is 232. The highest BCUT2D eigenvalue weighted by molar-refractivity contribution is 4.73. The van der Waals surface area contributed by atoms with Gasteiger partial charge in [-0.3, -0.25) is 0 Å². The lowest BCUT2D eigenvalue weighted by Crippen LogP contribution is -2.34. The van der Waals surface area contributed by atoms with E-state index < -0.39 is 18.4 Å². The molecule has 0 aliphatic heterocycles. The van der Waals surface area contributed by atoms with Crippen LogP contribution >= 0.6 is 0 Å². The van der Waals surface area contributed by atoms with E-state index in [1.807, 2.05) is 0 Å². The molecule has 2 atom stereocenters. The third-order valence-electron chi connectivity index (χ3n) is 2.92. The molecule has 7 heteroatoms. The van der Waals surface area contributed by atoms with Crippen LogP contribution in [-0.2, 0) is 14.2 Å². The zero-order valence-corrected chi connectivity index (χ0v) is 12.8. The van der Waals surface area contributed by atoms with Gasteiger partial charge in [-0.2, -0.15) is 0 Å². The minimum atomic E-state index is -0.980. The van der Waals surface area contributed by atoms with Gasteiger partial charge in [-0.15, -0.1) is 0 Å². The number of hydrogen-bond donors (Lipinski definition) is 3. The minimum absolute atomic E-state index is 0.121. The van der Waals surface area contributed by atoms with Gasteiger partial charge in [-0.05, 0) is 19.8 Å². The van der Waals surface area contributed by atoms with Crippen molar-refractivity contribution < 1.29 is 33.9 Å². The van der Waals surface area contributed by atoms with E-state index in [-0.39, 0.29) is 46.1 Å². The van der Waals surface area contributed by atoms with Crippen molar-refractivity contribution in [1.29, 1.82) is 0 Å². The molecule has 0 radical (unpaired) electrons. The molecule has 0 saturated carbocycles. The number of aliphatic hydroxyl groups excluding tert-OH is 3. The van der Waals surface area contributed by atoms with Crippen LogP contribution in [0.3, 0.4) is 0 Å². The molecule has 0 bridgehead atoms. The summed E-state index contributed by atoms with van der Waals surface area (Å²) in [5, 5.41) is 26.9. The first kappa shape index (κ1) is 20.7. The topological polar surface area (TPSA) is 88.4 Å². The second kappa shape index (κ2) is 13.4. The molecule has 6 nitrogen and oxygen atoms in total. The van der Waals surface area contributed by atoms with Crippen molar-refractivity contribution in [3.05, 3.63) is 0 Å². The highest BCUT2D eigenvalue weighted by Crippen LogP contribution is 2.15. The molecule has 0 spiro atoms. The van der Waals surface area contributed by atoms with E-state index in [4.69, 9.17) is 24.4 Å². The third-order valence-corrected chi connectivity index (χ3v) is 2.92. The summed E-state index contributed by atoms with van der Waals surface area (Å²) in [4.78, 5) is 0. The Balaban J connectivity index is 3.48. The molecule has 0 aromatic carbocycles. The first-order valence-electron chi connectivity index (χ1n) is 7.33. The molecule has 0 fully saturated rings. The highest BCUT2D eigenvalue weighted by Gasteiger charge is 2.24. The van der Waals surface area contributed by atoms with Crippen LogP contribution in [0, 0.1) is 0 Å². The lowest BCUT2D eigenvalue weighted by molar-refractivity contribution is -0.0889. The number of aliphatic hydroxyl groups is 3. The van der Waals surface area contributed by atoms with Crippen molar-refractivity contribution in [2.45, 2.75) is 37.9 Å². The van der Waals surface area contributed by atoms with Gasteiger partial charge in [0.1, 0.15) is 12.8 Å². The summed E-state index contributed by atoms with van der Waals surface area (Å²) >= 11 is 0. The van der Waals surface area contributed by atoms with Crippen molar-refractivity contribution in [3.63, 3.8) is 0 Å². The van der Waals surface area contributed by atoms with Crippen LogP contribution in [0.15, 0.2) is 0 Å². The Labute approximate surface area is 125 Å². The first-order valence-corrected chi connectivity index (χ1v) is 7.33. The molecule has 0 aromatic heterocycles. The first-order chi connectivity index (χ1) is 10.1. The fourth-order valence-electron chi connectivity index (χ4n) is 1.56. The van der Waals surface area contributed by atoms with Gasteiger partial charge in [0.2, 0.25) is 0 Å². The average Bonchev–Trinajstić information content (AvgIpc) is 2.47. The molecule has 21 heavy (non-hydrogen) atoms. The second-order valence-corrected chi connectivity index (χ2v) is 5.14. The van der Waals surface area contributed by atoms with Gasteiger partial charge in [-0.25, -0.2) is 4.39 Å². The quantitative estimate of drug-likeness (QED) is 0.377. The molecule has 0 rings (SSSR count). The molecule has 2 unspecified atom stereocenters. The fourth-order valence-corrected chi connectivity index (χ4v) is 1.56. The Morgan fingerprint density at radius 3 is 2.24 bits per heavy atom. The van der Waals surface area contributed by atoms with E-state index in [9.17, 15) is 9.50 Å². The Morgan fingerprint density at radius 2 is 1.67 bits per heavy atom. The van der Waals surface area contributed by atoms with E-state index in [1.165, 1.54) is 0 Å². The van der Waals surface area contributed by atoms with Gasteiger partial charge in [0.25, 0.3) is 0 Å². The van der Waals surface area contributed by atoms with Crippen LogP contribution < -0.4 is 0 Å². The number of rotatable bonds is 15. The SMILES string of the molecule is CC(CF)(CCO)OCCOCC(O)COCCCCO. The van der Waals surface area contributed by atoms with E-state index in [0.717, 1.165) is 6.42 Å². The summed E-state index contributed by atoms with van der Waals surface area (Å²) in [6, 6.07) is 0. The molecule has 0 aliphatic rings. The summed E-state index contributed by atoms with van der Waals surface area (Å²) in [5.74, 6) is 0. The summed E-state index contributed by atoms with van der Waals surface area (Å²) in [7, 11) is 0. The number of ether oxygens (including phenoxy) is 3. The van der Waals surface area contributed by atoms with Crippen molar-refractivity contribution in [2.24, 2.45) is 0 Å². The number of alkyl halides is 1. The molecule has 0 saturated heterocycles. The average molecular weight is 312 g/mol. The van der Waals surface area contributed by atoms with E-state index in [1.54, 1.807) is 6.92 Å². The van der Waals surface area contributed by atoms with Crippen LogP contribution in [-0.4, -0.2) is 79.9 Å². The predicted molar refractivity (Wildman–Crippen MR) is 76.0 cm³/mol. The molecule has 0 amide bonds. The molecule has 0 heterocycles. The Hall–Kier alpha value is -0.310. The zero-order chi connectivity index (χ0) is 16.0. The molecule has 3 N–H and O–H groups in total. The van der Waals surface area contributed by atoms with Crippen molar-refractivity contribution >= 4 is 0 Å². The maximum atomic E-state index is 12.7. The molecule has 0 aliphatic carbocycles. The number of unbranched alkanes of at least 4 members (excludes halogenated alkanes) is 1. The van der Waals surface area contributed by atoms with Gasteiger partial charge in [0.15, 0.2) is 0 Å². The summed E-state index contributed by atoms with van der Waals surface area (Å²) in [5.41, 5.74) is -0.980. The minimum Gasteiger partial charge on any atom is -0.396 e.